The van der Waals surface area contributed by atoms with Gasteiger partial charge < -0.3 is 5.32 Å². The molecule has 2 heterocycles. The van der Waals surface area contributed by atoms with Crippen molar-refractivity contribution in [2.45, 2.75) is 25.8 Å². The first-order valence-electron chi connectivity index (χ1n) is 6.55. The van der Waals surface area contributed by atoms with E-state index >= 15 is 0 Å². The fourth-order valence-corrected chi connectivity index (χ4v) is 3.23. The number of amides is 3. The molecule has 0 bridgehead atoms. The largest absolute Gasteiger partial charge is 0.340 e. The van der Waals surface area contributed by atoms with Crippen LogP contribution in [-0.4, -0.2) is 28.7 Å². The summed E-state index contributed by atoms with van der Waals surface area (Å²) < 4.78 is 0.805. The van der Waals surface area contributed by atoms with Crippen molar-refractivity contribution in [2.75, 3.05) is 0 Å². The van der Waals surface area contributed by atoms with E-state index in [9.17, 15) is 14.4 Å². The van der Waals surface area contributed by atoms with Crippen molar-refractivity contribution in [1.29, 1.82) is 0 Å². The Hall–Kier alpha value is -2.28. The highest BCUT2D eigenvalue weighted by atomic mass is 32.1. The molecule has 21 heavy (non-hydrogen) atoms. The molecule has 1 fully saturated rings. The Morgan fingerprint density at radius 3 is 3.00 bits per heavy atom. The Labute approximate surface area is 124 Å². The van der Waals surface area contributed by atoms with Crippen LogP contribution < -0.4 is 10.6 Å². The maximum absolute atomic E-state index is 12.4. The van der Waals surface area contributed by atoms with Crippen molar-refractivity contribution >= 4 is 39.3 Å². The predicted octanol–water partition coefficient (Wildman–Crippen LogP) is 1.14. The maximum atomic E-state index is 12.4. The van der Waals surface area contributed by atoms with Crippen LogP contribution in [0, 0.1) is 6.92 Å². The number of hydrogen-bond acceptors (Lipinski definition) is 5. The maximum Gasteiger partial charge on any atom is 0.253 e. The van der Waals surface area contributed by atoms with E-state index in [1.54, 1.807) is 12.1 Å². The molecule has 1 aliphatic heterocycles. The van der Waals surface area contributed by atoms with E-state index in [4.69, 9.17) is 0 Å². The SMILES string of the molecule is Cc1nc2cccc(C(=O)NC3CCC(=O)NC3=O)c2s1. The molecule has 3 amide bonds. The third kappa shape index (κ3) is 2.64. The van der Waals surface area contributed by atoms with Gasteiger partial charge in [0.05, 0.1) is 20.8 Å². The number of aryl methyl sites for hydroxylation is 1. The third-order valence-electron chi connectivity index (χ3n) is 3.31. The van der Waals surface area contributed by atoms with Crippen molar-refractivity contribution < 1.29 is 14.4 Å². The normalized spacial score (nSPS) is 18.6. The number of hydrogen-bond donors (Lipinski definition) is 2. The van der Waals surface area contributed by atoms with Gasteiger partial charge in [-0.2, -0.15) is 0 Å². The van der Waals surface area contributed by atoms with Crippen molar-refractivity contribution in [1.82, 2.24) is 15.6 Å². The summed E-state index contributed by atoms with van der Waals surface area (Å²) in [6, 6.07) is 4.66. The number of nitrogens with one attached hydrogen (secondary N) is 2. The Balaban J connectivity index is 1.84. The van der Waals surface area contributed by atoms with Gasteiger partial charge in [0.2, 0.25) is 11.8 Å². The van der Waals surface area contributed by atoms with Crippen molar-refractivity contribution in [2.24, 2.45) is 0 Å². The number of carbonyl (C=O) groups excluding carboxylic acids is 3. The molecule has 108 valence electrons. The first-order chi connectivity index (χ1) is 10.0. The Kier molecular flexibility index (Phi) is 3.42. The van der Waals surface area contributed by atoms with Crippen molar-refractivity contribution in [3.8, 4) is 0 Å². The molecule has 2 N–H and O–H groups in total. The molecule has 1 atom stereocenters. The smallest absolute Gasteiger partial charge is 0.253 e. The second-order valence-electron chi connectivity index (χ2n) is 4.86. The molecule has 0 spiro atoms. The number of thiazole rings is 1. The zero-order valence-corrected chi connectivity index (χ0v) is 12.1. The van der Waals surface area contributed by atoms with Gasteiger partial charge in [0, 0.05) is 6.42 Å². The summed E-state index contributed by atoms with van der Waals surface area (Å²) in [5.74, 6) is -1.07. The Bertz CT molecular complexity index is 753. The number of benzene rings is 1. The van der Waals surface area contributed by atoms with Crippen molar-refractivity contribution in [3.05, 3.63) is 28.8 Å². The number of carbonyl (C=O) groups is 3. The summed E-state index contributed by atoms with van der Waals surface area (Å²) in [6.07, 6.45) is 0.564. The second kappa shape index (κ2) is 5.25. The first-order valence-corrected chi connectivity index (χ1v) is 7.37. The van der Waals surface area contributed by atoms with Gasteiger partial charge in [-0.1, -0.05) is 6.07 Å². The summed E-state index contributed by atoms with van der Waals surface area (Å²) >= 11 is 1.44. The van der Waals surface area contributed by atoms with E-state index in [1.165, 1.54) is 11.3 Å². The predicted molar refractivity (Wildman–Crippen MR) is 78.0 cm³/mol. The van der Waals surface area contributed by atoms with Crippen LogP contribution in [0.5, 0.6) is 0 Å². The fourth-order valence-electron chi connectivity index (χ4n) is 2.31. The van der Waals surface area contributed by atoms with Crippen LogP contribution in [0.15, 0.2) is 18.2 Å². The molecular formula is C14H13N3O3S. The first kappa shape index (κ1) is 13.7. The van der Waals surface area contributed by atoms with E-state index in [1.807, 2.05) is 13.0 Å². The summed E-state index contributed by atoms with van der Waals surface area (Å²) in [6.45, 7) is 1.88. The lowest BCUT2D eigenvalue weighted by molar-refractivity contribution is -0.134. The second-order valence-corrected chi connectivity index (χ2v) is 6.07. The number of aromatic nitrogens is 1. The van der Waals surface area contributed by atoms with Gasteiger partial charge in [-0.05, 0) is 25.5 Å². The van der Waals surface area contributed by atoms with Gasteiger partial charge in [-0.3, -0.25) is 19.7 Å². The van der Waals surface area contributed by atoms with Gasteiger partial charge in [-0.25, -0.2) is 4.98 Å². The zero-order valence-electron chi connectivity index (χ0n) is 11.3. The highest BCUT2D eigenvalue weighted by molar-refractivity contribution is 7.18. The van der Waals surface area contributed by atoms with Crippen LogP contribution in [-0.2, 0) is 9.59 Å². The van der Waals surface area contributed by atoms with Crippen molar-refractivity contribution in [3.63, 3.8) is 0 Å². The molecule has 7 heteroatoms. The molecule has 2 aromatic rings. The standard InChI is InChI=1S/C14H13N3O3S/c1-7-15-9-4-2-3-8(12(9)21-7)13(19)16-10-5-6-11(18)17-14(10)20/h2-4,10H,5-6H2,1H3,(H,16,19)(H,17,18,20). The van der Waals surface area contributed by atoms with Crippen LogP contribution in [0.3, 0.4) is 0 Å². The lowest BCUT2D eigenvalue weighted by atomic mass is 10.1. The van der Waals surface area contributed by atoms with Gasteiger partial charge in [0.15, 0.2) is 0 Å². The average molecular weight is 303 g/mol. The average Bonchev–Trinajstić information content (AvgIpc) is 2.81. The van der Waals surface area contributed by atoms with Crippen LogP contribution >= 0.6 is 11.3 Å². The Morgan fingerprint density at radius 1 is 1.43 bits per heavy atom. The number of imide groups is 1. The van der Waals surface area contributed by atoms with E-state index in [2.05, 4.69) is 15.6 Å². The lowest BCUT2D eigenvalue weighted by Crippen LogP contribution is -2.52. The van der Waals surface area contributed by atoms with Crippen LogP contribution in [0.2, 0.25) is 0 Å². The van der Waals surface area contributed by atoms with E-state index in [-0.39, 0.29) is 18.2 Å². The summed E-state index contributed by atoms with van der Waals surface area (Å²) in [5, 5.41) is 5.79. The molecule has 0 saturated carbocycles. The molecule has 3 rings (SSSR count). The van der Waals surface area contributed by atoms with E-state index in [0.717, 1.165) is 15.2 Å². The minimum absolute atomic E-state index is 0.237. The monoisotopic (exact) mass is 303 g/mol. The number of fused-ring (bicyclic) bond motifs is 1. The molecular weight excluding hydrogens is 290 g/mol. The molecule has 1 aromatic heterocycles. The molecule has 1 unspecified atom stereocenters. The minimum atomic E-state index is -0.667. The highest BCUT2D eigenvalue weighted by Crippen LogP contribution is 2.25. The zero-order chi connectivity index (χ0) is 15.0. The minimum Gasteiger partial charge on any atom is -0.340 e. The summed E-state index contributed by atoms with van der Waals surface area (Å²) in [7, 11) is 0. The number of rotatable bonds is 2. The number of nitrogens with zero attached hydrogens (tertiary/aromatic N) is 1. The molecule has 0 aliphatic carbocycles. The van der Waals surface area contributed by atoms with Gasteiger partial charge in [0.1, 0.15) is 6.04 Å². The molecule has 1 saturated heterocycles. The van der Waals surface area contributed by atoms with Crippen LogP contribution in [0.1, 0.15) is 28.2 Å². The van der Waals surface area contributed by atoms with E-state index < -0.39 is 11.9 Å². The molecule has 0 radical (unpaired) electrons. The lowest BCUT2D eigenvalue weighted by Gasteiger charge is -2.21. The fraction of sp³-hybridized carbons (Fsp3) is 0.286. The van der Waals surface area contributed by atoms with Gasteiger partial charge in [-0.15, -0.1) is 11.3 Å². The Morgan fingerprint density at radius 2 is 2.24 bits per heavy atom. The highest BCUT2D eigenvalue weighted by Gasteiger charge is 2.28. The molecule has 1 aromatic carbocycles. The summed E-state index contributed by atoms with van der Waals surface area (Å²) in [5.41, 5.74) is 1.27. The van der Waals surface area contributed by atoms with Gasteiger partial charge in [0.25, 0.3) is 5.91 Å². The molecule has 1 aliphatic rings. The summed E-state index contributed by atoms with van der Waals surface area (Å²) in [4.78, 5) is 39.5. The third-order valence-corrected chi connectivity index (χ3v) is 4.33. The van der Waals surface area contributed by atoms with Crippen LogP contribution in [0.25, 0.3) is 10.2 Å². The molecule has 6 nitrogen and oxygen atoms in total. The van der Waals surface area contributed by atoms with Gasteiger partial charge >= 0.3 is 0 Å². The quantitative estimate of drug-likeness (QED) is 0.814. The van der Waals surface area contributed by atoms with E-state index in [0.29, 0.717) is 12.0 Å². The topological polar surface area (TPSA) is 88.2 Å². The van der Waals surface area contributed by atoms with Crippen LogP contribution in [0.4, 0.5) is 0 Å². The number of piperidine rings is 1.